The van der Waals surface area contributed by atoms with Crippen LogP contribution >= 0.6 is 0 Å². The van der Waals surface area contributed by atoms with Crippen molar-refractivity contribution in [3.63, 3.8) is 0 Å². The molecule has 1 aromatic heterocycles. The summed E-state index contributed by atoms with van der Waals surface area (Å²) in [6.45, 7) is 4.22. The lowest BCUT2D eigenvalue weighted by molar-refractivity contribution is -0.385. The predicted octanol–water partition coefficient (Wildman–Crippen LogP) is 2.55. The molecule has 0 atom stereocenters. The van der Waals surface area contributed by atoms with E-state index in [9.17, 15) is 10.1 Å². The number of nitro benzene ring substituents is 1. The highest BCUT2D eigenvalue weighted by Gasteiger charge is 2.09. The number of benzene rings is 1. The van der Waals surface area contributed by atoms with Crippen LogP contribution in [0.2, 0.25) is 0 Å². The zero-order valence-electron chi connectivity index (χ0n) is 10.2. The molecular weight excluding hydrogens is 232 g/mol. The van der Waals surface area contributed by atoms with Crippen molar-refractivity contribution in [1.82, 2.24) is 9.97 Å². The topological polar surface area (TPSA) is 83.8 Å². The maximum Gasteiger partial charge on any atom is 0.272 e. The van der Waals surface area contributed by atoms with Crippen LogP contribution in [0.5, 0.6) is 0 Å². The SMILES string of the molecule is Cc1ncc(CNc2ccc([N+](=O)[O-])c(C)c2)[nH]1. The molecule has 1 aromatic carbocycles. The molecule has 0 amide bonds. The lowest BCUT2D eigenvalue weighted by Crippen LogP contribution is -2.01. The minimum absolute atomic E-state index is 0.137. The number of nitrogens with zero attached hydrogens (tertiary/aromatic N) is 2. The monoisotopic (exact) mass is 246 g/mol. The highest BCUT2D eigenvalue weighted by Crippen LogP contribution is 2.21. The Hall–Kier alpha value is -2.37. The smallest absolute Gasteiger partial charge is 0.272 e. The molecule has 0 radical (unpaired) electrons. The molecule has 0 aliphatic carbocycles. The highest BCUT2D eigenvalue weighted by molar-refractivity contribution is 5.53. The number of hydrogen-bond donors (Lipinski definition) is 2. The average molecular weight is 246 g/mol. The Balaban J connectivity index is 2.06. The summed E-state index contributed by atoms with van der Waals surface area (Å²) in [6.07, 6.45) is 1.76. The van der Waals surface area contributed by atoms with Crippen molar-refractivity contribution in [2.24, 2.45) is 0 Å². The third kappa shape index (κ3) is 2.65. The Kier molecular flexibility index (Phi) is 3.27. The van der Waals surface area contributed by atoms with Crippen LogP contribution in [0.3, 0.4) is 0 Å². The van der Waals surface area contributed by atoms with Gasteiger partial charge in [-0.1, -0.05) is 0 Å². The van der Waals surface area contributed by atoms with Gasteiger partial charge in [-0.05, 0) is 26.0 Å². The summed E-state index contributed by atoms with van der Waals surface area (Å²) in [6, 6.07) is 4.98. The van der Waals surface area contributed by atoms with Crippen LogP contribution < -0.4 is 5.32 Å². The fourth-order valence-corrected chi connectivity index (χ4v) is 1.73. The maximum absolute atomic E-state index is 10.7. The molecule has 1 heterocycles. The second kappa shape index (κ2) is 4.87. The van der Waals surface area contributed by atoms with Crippen LogP contribution in [0.1, 0.15) is 17.1 Å². The van der Waals surface area contributed by atoms with Gasteiger partial charge in [0.2, 0.25) is 0 Å². The average Bonchev–Trinajstić information content (AvgIpc) is 2.72. The predicted molar refractivity (Wildman–Crippen MR) is 68.5 cm³/mol. The lowest BCUT2D eigenvalue weighted by atomic mass is 10.2. The third-order valence-electron chi connectivity index (χ3n) is 2.63. The number of nitrogens with one attached hydrogen (secondary N) is 2. The number of aromatic nitrogens is 2. The molecule has 0 bridgehead atoms. The first-order chi connectivity index (χ1) is 8.56. The van der Waals surface area contributed by atoms with E-state index in [1.165, 1.54) is 6.07 Å². The first-order valence-corrected chi connectivity index (χ1v) is 5.55. The van der Waals surface area contributed by atoms with E-state index in [0.29, 0.717) is 12.1 Å². The summed E-state index contributed by atoms with van der Waals surface area (Å²) in [5.74, 6) is 0.867. The first-order valence-electron chi connectivity index (χ1n) is 5.55. The number of nitro groups is 1. The number of anilines is 1. The standard InChI is InChI=1S/C12H14N4O2/c1-8-5-10(3-4-12(8)16(17)18)14-7-11-6-13-9(2)15-11/h3-6,14H,7H2,1-2H3,(H,13,15). The van der Waals surface area contributed by atoms with Crippen molar-refractivity contribution in [2.75, 3.05) is 5.32 Å². The number of rotatable bonds is 4. The molecule has 18 heavy (non-hydrogen) atoms. The van der Waals surface area contributed by atoms with Gasteiger partial charge in [0, 0.05) is 17.3 Å². The van der Waals surface area contributed by atoms with Crippen molar-refractivity contribution < 1.29 is 4.92 Å². The molecule has 0 aliphatic rings. The van der Waals surface area contributed by atoms with E-state index in [1.54, 1.807) is 25.3 Å². The molecule has 0 saturated carbocycles. The van der Waals surface area contributed by atoms with E-state index in [-0.39, 0.29) is 10.6 Å². The van der Waals surface area contributed by atoms with Gasteiger partial charge in [-0.25, -0.2) is 4.98 Å². The minimum Gasteiger partial charge on any atom is -0.379 e. The largest absolute Gasteiger partial charge is 0.379 e. The number of aromatic amines is 1. The summed E-state index contributed by atoms with van der Waals surface area (Å²) in [7, 11) is 0. The Morgan fingerprint density at radius 2 is 2.22 bits per heavy atom. The number of imidazole rings is 1. The van der Waals surface area contributed by atoms with Crippen LogP contribution in [0.15, 0.2) is 24.4 Å². The van der Waals surface area contributed by atoms with E-state index in [4.69, 9.17) is 0 Å². The molecule has 0 unspecified atom stereocenters. The van der Waals surface area contributed by atoms with Gasteiger partial charge in [0.25, 0.3) is 5.69 Å². The molecule has 6 nitrogen and oxygen atoms in total. The lowest BCUT2D eigenvalue weighted by Gasteiger charge is -2.06. The Morgan fingerprint density at radius 3 is 2.78 bits per heavy atom. The van der Waals surface area contributed by atoms with Gasteiger partial charge >= 0.3 is 0 Å². The molecule has 6 heteroatoms. The van der Waals surface area contributed by atoms with Gasteiger partial charge in [0.15, 0.2) is 0 Å². The molecule has 0 aliphatic heterocycles. The second-order valence-corrected chi connectivity index (χ2v) is 4.11. The molecule has 0 saturated heterocycles. The summed E-state index contributed by atoms with van der Waals surface area (Å²) in [4.78, 5) is 17.5. The van der Waals surface area contributed by atoms with E-state index in [0.717, 1.165) is 17.2 Å². The summed E-state index contributed by atoms with van der Waals surface area (Å²) in [5.41, 5.74) is 2.61. The van der Waals surface area contributed by atoms with E-state index >= 15 is 0 Å². The Morgan fingerprint density at radius 1 is 1.44 bits per heavy atom. The molecule has 0 spiro atoms. The minimum atomic E-state index is -0.378. The first kappa shape index (κ1) is 12.1. The van der Waals surface area contributed by atoms with Crippen molar-refractivity contribution in [3.05, 3.63) is 51.6 Å². The van der Waals surface area contributed by atoms with Crippen LogP contribution in [0.25, 0.3) is 0 Å². The normalized spacial score (nSPS) is 10.3. The van der Waals surface area contributed by atoms with Gasteiger partial charge in [-0.2, -0.15) is 0 Å². The van der Waals surface area contributed by atoms with E-state index < -0.39 is 0 Å². The van der Waals surface area contributed by atoms with Crippen LogP contribution in [-0.2, 0) is 6.54 Å². The van der Waals surface area contributed by atoms with Gasteiger partial charge in [-0.3, -0.25) is 10.1 Å². The molecule has 2 N–H and O–H groups in total. The third-order valence-corrected chi connectivity index (χ3v) is 2.63. The number of H-pyrrole nitrogens is 1. The van der Waals surface area contributed by atoms with Crippen molar-refractivity contribution in [3.8, 4) is 0 Å². The zero-order chi connectivity index (χ0) is 13.1. The van der Waals surface area contributed by atoms with Gasteiger partial charge in [0.1, 0.15) is 5.82 Å². The van der Waals surface area contributed by atoms with E-state index in [2.05, 4.69) is 15.3 Å². The van der Waals surface area contributed by atoms with Gasteiger partial charge < -0.3 is 10.3 Å². The molecule has 2 rings (SSSR count). The molecule has 94 valence electrons. The summed E-state index contributed by atoms with van der Waals surface area (Å²) >= 11 is 0. The van der Waals surface area contributed by atoms with Crippen LogP contribution in [0.4, 0.5) is 11.4 Å². The van der Waals surface area contributed by atoms with Crippen molar-refractivity contribution in [1.29, 1.82) is 0 Å². The summed E-state index contributed by atoms with van der Waals surface area (Å²) in [5, 5.41) is 13.9. The maximum atomic E-state index is 10.7. The Bertz CT molecular complexity index is 577. The van der Waals surface area contributed by atoms with Gasteiger partial charge in [0.05, 0.1) is 23.4 Å². The summed E-state index contributed by atoms with van der Waals surface area (Å²) < 4.78 is 0. The quantitative estimate of drug-likeness (QED) is 0.641. The number of aryl methyl sites for hydroxylation is 2. The second-order valence-electron chi connectivity index (χ2n) is 4.11. The van der Waals surface area contributed by atoms with Gasteiger partial charge in [-0.15, -0.1) is 0 Å². The van der Waals surface area contributed by atoms with Crippen LogP contribution in [-0.4, -0.2) is 14.9 Å². The van der Waals surface area contributed by atoms with Crippen LogP contribution in [0, 0.1) is 24.0 Å². The zero-order valence-corrected chi connectivity index (χ0v) is 10.2. The van der Waals surface area contributed by atoms with Crippen molar-refractivity contribution >= 4 is 11.4 Å². The molecular formula is C12H14N4O2. The highest BCUT2D eigenvalue weighted by atomic mass is 16.6. The molecule has 2 aromatic rings. The fourth-order valence-electron chi connectivity index (χ4n) is 1.73. The fraction of sp³-hybridized carbons (Fsp3) is 0.250. The number of hydrogen-bond acceptors (Lipinski definition) is 4. The Labute approximate surface area is 104 Å². The van der Waals surface area contributed by atoms with E-state index in [1.807, 2.05) is 6.92 Å². The molecule has 0 fully saturated rings. The van der Waals surface area contributed by atoms with Crippen molar-refractivity contribution in [2.45, 2.75) is 20.4 Å².